The molecule has 11 heteroatoms. The van der Waals surface area contributed by atoms with Gasteiger partial charge in [-0.25, -0.2) is 4.39 Å². The van der Waals surface area contributed by atoms with E-state index in [2.05, 4.69) is 45.6 Å². The van der Waals surface area contributed by atoms with Crippen molar-refractivity contribution in [2.45, 2.75) is 94.7 Å². The Kier molecular flexibility index (Phi) is 9.33. The maximum Gasteiger partial charge on any atom is 0.411 e. The highest BCUT2D eigenvalue weighted by molar-refractivity contribution is 4.86. The number of halogens is 4. The van der Waals surface area contributed by atoms with Crippen LogP contribution in [0.1, 0.15) is 51.4 Å². The Bertz CT molecular complexity index is 532. The van der Waals surface area contributed by atoms with Gasteiger partial charge >= 0.3 is 6.18 Å². The molecule has 5 unspecified atom stereocenters. The van der Waals surface area contributed by atoms with E-state index in [9.17, 15) is 17.6 Å². The second-order valence-electron chi connectivity index (χ2n) is 9.35. The Balaban J connectivity index is 1.53. The highest BCUT2D eigenvalue weighted by atomic mass is 19.4. The van der Waals surface area contributed by atoms with E-state index >= 15 is 0 Å². The van der Waals surface area contributed by atoms with Crippen LogP contribution in [0.4, 0.5) is 17.6 Å². The van der Waals surface area contributed by atoms with Crippen molar-refractivity contribution in [2.75, 3.05) is 27.2 Å². The minimum atomic E-state index is -4.40. The molecule has 1 saturated heterocycles. The third kappa shape index (κ3) is 8.71. The maximum absolute atomic E-state index is 13.4. The lowest BCUT2D eigenvalue weighted by molar-refractivity contribution is -0.199. The average molecular weight is 455 g/mol. The topological polar surface area (TPSA) is 72.6 Å². The number of rotatable bonds is 8. The average Bonchev–Trinajstić information content (AvgIpc) is 2.71. The number of hydrogen-bond acceptors (Lipinski definition) is 7. The summed E-state index contributed by atoms with van der Waals surface area (Å²) in [5.41, 5.74) is 0. The van der Waals surface area contributed by atoms with Crippen molar-refractivity contribution >= 4 is 0 Å². The second-order valence-corrected chi connectivity index (χ2v) is 9.35. The molecule has 1 aliphatic heterocycles. The Morgan fingerprint density at radius 2 is 1.68 bits per heavy atom. The van der Waals surface area contributed by atoms with Crippen LogP contribution < -0.4 is 26.6 Å². The van der Waals surface area contributed by atoms with Crippen molar-refractivity contribution in [3.63, 3.8) is 0 Å². The lowest BCUT2D eigenvalue weighted by atomic mass is 9.88. The Labute approximate surface area is 182 Å². The summed E-state index contributed by atoms with van der Waals surface area (Å²) in [7, 11) is 4.15. The number of nitrogens with zero attached hydrogens (tertiary/aromatic N) is 1. The largest absolute Gasteiger partial charge is 0.411 e. The van der Waals surface area contributed by atoms with Crippen LogP contribution in [0.2, 0.25) is 0 Å². The molecular weight excluding hydrogens is 416 g/mol. The van der Waals surface area contributed by atoms with Gasteiger partial charge in [0.15, 0.2) is 6.35 Å². The molecule has 2 aliphatic carbocycles. The third-order valence-electron chi connectivity index (χ3n) is 6.55. The minimum Gasteiger partial charge on any atom is -0.340 e. The monoisotopic (exact) mass is 454 g/mol. The first-order valence-corrected chi connectivity index (χ1v) is 11.4. The summed E-state index contributed by atoms with van der Waals surface area (Å²) in [4.78, 5) is 2.23. The zero-order chi connectivity index (χ0) is 22.4. The zero-order valence-corrected chi connectivity index (χ0v) is 18.5. The van der Waals surface area contributed by atoms with Crippen LogP contribution in [0.3, 0.4) is 0 Å². The van der Waals surface area contributed by atoms with Gasteiger partial charge in [-0.2, -0.15) is 13.2 Å². The normalized spacial score (nSPS) is 37.8. The predicted molar refractivity (Wildman–Crippen MR) is 111 cm³/mol. The molecule has 3 rings (SSSR count). The molecular formula is C20H38F4N6O. The quantitative estimate of drug-likeness (QED) is 0.358. The molecule has 0 aromatic rings. The van der Waals surface area contributed by atoms with Gasteiger partial charge in [-0.1, -0.05) is 6.42 Å². The molecule has 0 spiro atoms. The zero-order valence-electron chi connectivity index (χ0n) is 18.5. The van der Waals surface area contributed by atoms with Crippen molar-refractivity contribution in [1.82, 2.24) is 31.5 Å². The van der Waals surface area contributed by atoms with Crippen LogP contribution >= 0.6 is 0 Å². The smallest absolute Gasteiger partial charge is 0.340 e. The van der Waals surface area contributed by atoms with Gasteiger partial charge < -0.3 is 9.64 Å². The van der Waals surface area contributed by atoms with Gasteiger partial charge in [0.25, 0.3) is 0 Å². The van der Waals surface area contributed by atoms with Crippen molar-refractivity contribution in [3.05, 3.63) is 0 Å². The van der Waals surface area contributed by atoms with Crippen LogP contribution in [-0.2, 0) is 4.74 Å². The van der Waals surface area contributed by atoms with E-state index in [-0.39, 0.29) is 6.04 Å². The molecule has 182 valence electrons. The van der Waals surface area contributed by atoms with E-state index < -0.39 is 37.9 Å². The fraction of sp³-hybridized carbons (Fsp3) is 1.00. The Morgan fingerprint density at radius 1 is 0.968 bits per heavy atom. The Morgan fingerprint density at radius 3 is 2.35 bits per heavy atom. The van der Waals surface area contributed by atoms with Crippen LogP contribution in [0.25, 0.3) is 0 Å². The molecule has 3 fully saturated rings. The van der Waals surface area contributed by atoms with Gasteiger partial charge in [0, 0.05) is 18.6 Å². The van der Waals surface area contributed by atoms with E-state index in [1.165, 1.54) is 0 Å². The first kappa shape index (κ1) is 25.1. The van der Waals surface area contributed by atoms with Gasteiger partial charge in [0.2, 0.25) is 0 Å². The summed E-state index contributed by atoms with van der Waals surface area (Å²) in [5, 5.41) is 16.2. The standard InChI is InChI=1S/C20H38F4N6O/c1-30(2)16-5-3-4-15(10-16)26-18-27-17(25-11-13-6-8-14(21)9-7-13)28-19(29-18)31-12-20(22,23)24/h13-19,25-29H,3-12H2,1-2H3. The fourth-order valence-electron chi connectivity index (χ4n) is 4.73. The van der Waals surface area contributed by atoms with E-state index in [1.54, 1.807) is 0 Å². The number of hydrogen-bond donors (Lipinski definition) is 5. The van der Waals surface area contributed by atoms with Crippen molar-refractivity contribution in [2.24, 2.45) is 5.92 Å². The van der Waals surface area contributed by atoms with E-state index in [4.69, 9.17) is 4.74 Å². The maximum atomic E-state index is 13.4. The molecule has 0 aromatic heterocycles. The summed E-state index contributed by atoms with van der Waals surface area (Å²) in [6.07, 6.45) is 0.200. The molecule has 1 heterocycles. The number of alkyl halides is 4. The van der Waals surface area contributed by atoms with Gasteiger partial charge in [0.1, 0.15) is 25.4 Å². The first-order valence-electron chi connectivity index (χ1n) is 11.4. The van der Waals surface area contributed by atoms with Crippen LogP contribution in [0, 0.1) is 5.92 Å². The van der Waals surface area contributed by atoms with E-state index in [0.717, 1.165) is 38.5 Å². The molecule has 0 bridgehead atoms. The first-order chi connectivity index (χ1) is 14.7. The fourth-order valence-corrected chi connectivity index (χ4v) is 4.73. The number of nitrogens with one attached hydrogen (secondary N) is 5. The van der Waals surface area contributed by atoms with E-state index in [1.807, 2.05) is 0 Å². The van der Waals surface area contributed by atoms with Crippen LogP contribution in [0.5, 0.6) is 0 Å². The molecule has 31 heavy (non-hydrogen) atoms. The minimum absolute atomic E-state index is 0.257. The summed E-state index contributed by atoms with van der Waals surface area (Å²) in [6, 6.07) is 0.748. The molecule has 0 aromatic carbocycles. The molecule has 7 nitrogen and oxygen atoms in total. The predicted octanol–water partition coefficient (Wildman–Crippen LogP) is 1.78. The van der Waals surface area contributed by atoms with Gasteiger partial charge in [-0.15, -0.1) is 0 Å². The van der Waals surface area contributed by atoms with Crippen LogP contribution in [0.15, 0.2) is 0 Å². The molecule has 5 atom stereocenters. The molecule has 3 aliphatic rings. The molecule has 0 radical (unpaired) electrons. The summed E-state index contributed by atoms with van der Waals surface area (Å²) in [5.74, 6) is 0.366. The summed E-state index contributed by atoms with van der Waals surface area (Å²) < 4.78 is 56.4. The Hall–Kier alpha value is -0.560. The van der Waals surface area contributed by atoms with Gasteiger partial charge in [0.05, 0.1) is 0 Å². The third-order valence-corrected chi connectivity index (χ3v) is 6.55. The highest BCUT2D eigenvalue weighted by Gasteiger charge is 2.34. The molecule has 0 amide bonds. The molecule has 2 saturated carbocycles. The highest BCUT2D eigenvalue weighted by Crippen LogP contribution is 2.26. The van der Waals surface area contributed by atoms with Crippen LogP contribution in [-0.4, -0.2) is 75.5 Å². The number of ether oxygens (including phenoxy) is 1. The van der Waals surface area contributed by atoms with Gasteiger partial charge in [-0.3, -0.25) is 26.6 Å². The van der Waals surface area contributed by atoms with Crippen molar-refractivity contribution in [1.29, 1.82) is 0 Å². The lowest BCUT2D eigenvalue weighted by Crippen LogP contribution is -2.76. The lowest BCUT2D eigenvalue weighted by Gasteiger charge is -2.42. The van der Waals surface area contributed by atoms with E-state index in [0.29, 0.717) is 31.3 Å². The summed E-state index contributed by atoms with van der Waals surface area (Å²) in [6.45, 7) is -0.661. The van der Waals surface area contributed by atoms with Gasteiger partial charge in [-0.05, 0) is 65.0 Å². The molecule has 5 N–H and O–H groups in total. The van der Waals surface area contributed by atoms with Crippen molar-refractivity contribution < 1.29 is 22.3 Å². The SMILES string of the molecule is CN(C)C1CCCC(NC2NC(NCC3CCC(F)CC3)NC(OCC(F)(F)F)N2)C1. The van der Waals surface area contributed by atoms with Crippen molar-refractivity contribution in [3.8, 4) is 0 Å². The second kappa shape index (κ2) is 11.5. The summed E-state index contributed by atoms with van der Waals surface area (Å²) >= 11 is 0.